The van der Waals surface area contributed by atoms with E-state index in [9.17, 15) is 4.79 Å². The smallest absolute Gasteiger partial charge is 0.221 e. The second-order valence-corrected chi connectivity index (χ2v) is 6.61. The van der Waals surface area contributed by atoms with Gasteiger partial charge in [0.15, 0.2) is 0 Å². The summed E-state index contributed by atoms with van der Waals surface area (Å²) in [7, 11) is 0. The average molecular weight is 338 g/mol. The fourth-order valence-corrected chi connectivity index (χ4v) is 3.23. The Balaban J connectivity index is 1.47. The van der Waals surface area contributed by atoms with E-state index >= 15 is 0 Å². The topological polar surface area (TPSA) is 41.6 Å². The molecule has 0 unspecified atom stereocenters. The molecule has 0 saturated carbocycles. The number of amides is 1. The first-order valence-corrected chi connectivity index (χ1v) is 8.94. The number of hydrogen-bond donors (Lipinski definition) is 1. The van der Waals surface area contributed by atoms with Gasteiger partial charge in [0.25, 0.3) is 0 Å². The molecule has 0 atom stereocenters. The predicted octanol–water partition coefficient (Wildman–Crippen LogP) is 3.83. The molecule has 1 N–H and O–H groups in total. The Morgan fingerprint density at radius 2 is 1.76 bits per heavy atom. The van der Waals surface area contributed by atoms with Crippen LogP contribution in [0.2, 0.25) is 0 Å². The molecule has 4 nitrogen and oxygen atoms in total. The number of carbonyl (C=O) groups excluding carboxylic acids is 1. The van der Waals surface area contributed by atoms with Gasteiger partial charge in [-0.3, -0.25) is 9.69 Å². The molecule has 0 aliphatic carbocycles. The van der Waals surface area contributed by atoms with E-state index in [1.807, 2.05) is 36.4 Å². The van der Waals surface area contributed by atoms with E-state index in [0.29, 0.717) is 12.7 Å². The van der Waals surface area contributed by atoms with Crippen LogP contribution in [-0.2, 0) is 22.7 Å². The fraction of sp³-hybridized carbons (Fsp3) is 0.381. The number of carbonyl (C=O) groups is 1. The second kappa shape index (κ2) is 8.79. The number of benzene rings is 2. The molecular formula is C21H26N2O2. The Bertz CT molecular complexity index is 679. The summed E-state index contributed by atoms with van der Waals surface area (Å²) < 4.78 is 6.06. The van der Waals surface area contributed by atoms with Crippen molar-refractivity contribution in [1.29, 1.82) is 0 Å². The summed E-state index contributed by atoms with van der Waals surface area (Å²) in [6.45, 7) is 5.15. The van der Waals surface area contributed by atoms with Crippen LogP contribution in [0.1, 0.15) is 30.9 Å². The van der Waals surface area contributed by atoms with Crippen LogP contribution in [-0.4, -0.2) is 30.0 Å². The van der Waals surface area contributed by atoms with Crippen LogP contribution < -0.4 is 5.32 Å². The molecule has 1 fully saturated rings. The maximum atomic E-state index is 11.3. The lowest BCUT2D eigenvalue weighted by Crippen LogP contribution is -2.36. The first-order chi connectivity index (χ1) is 12.2. The summed E-state index contributed by atoms with van der Waals surface area (Å²) in [5.74, 6) is -0.0273. The lowest BCUT2D eigenvalue weighted by Gasteiger charge is -2.32. The Hall–Kier alpha value is -2.17. The van der Waals surface area contributed by atoms with Gasteiger partial charge < -0.3 is 10.1 Å². The van der Waals surface area contributed by atoms with Crippen molar-refractivity contribution in [3.63, 3.8) is 0 Å². The highest BCUT2D eigenvalue weighted by Gasteiger charge is 2.20. The molecule has 25 heavy (non-hydrogen) atoms. The Kier molecular flexibility index (Phi) is 6.20. The van der Waals surface area contributed by atoms with Gasteiger partial charge in [-0.2, -0.15) is 0 Å². The summed E-state index contributed by atoms with van der Waals surface area (Å²) in [5, 5.41) is 2.92. The van der Waals surface area contributed by atoms with E-state index in [0.717, 1.165) is 38.2 Å². The van der Waals surface area contributed by atoms with Crippen LogP contribution in [0.15, 0.2) is 54.6 Å². The van der Waals surface area contributed by atoms with E-state index in [2.05, 4.69) is 28.4 Å². The molecule has 0 aromatic heterocycles. The van der Waals surface area contributed by atoms with Crippen molar-refractivity contribution in [2.75, 3.05) is 18.4 Å². The van der Waals surface area contributed by atoms with Crippen LogP contribution in [0.5, 0.6) is 0 Å². The number of piperidine rings is 1. The third kappa shape index (κ3) is 5.41. The Morgan fingerprint density at radius 3 is 2.48 bits per heavy atom. The predicted molar refractivity (Wildman–Crippen MR) is 100 cm³/mol. The molecule has 0 bridgehead atoms. The minimum atomic E-state index is -0.0273. The van der Waals surface area contributed by atoms with E-state index < -0.39 is 0 Å². The molecule has 1 saturated heterocycles. The molecule has 0 spiro atoms. The summed E-state index contributed by atoms with van der Waals surface area (Å²) in [4.78, 5) is 13.8. The van der Waals surface area contributed by atoms with Gasteiger partial charge >= 0.3 is 0 Å². The number of hydrogen-bond acceptors (Lipinski definition) is 3. The number of ether oxygens (including phenoxy) is 1. The third-order valence-corrected chi connectivity index (χ3v) is 4.59. The third-order valence-electron chi connectivity index (χ3n) is 4.59. The van der Waals surface area contributed by atoms with Gasteiger partial charge in [0, 0.05) is 32.2 Å². The lowest BCUT2D eigenvalue weighted by atomic mass is 10.1. The monoisotopic (exact) mass is 338 g/mol. The number of likely N-dealkylation sites (tertiary alicyclic amines) is 1. The minimum absolute atomic E-state index is 0.0273. The first-order valence-electron chi connectivity index (χ1n) is 8.94. The highest BCUT2D eigenvalue weighted by atomic mass is 16.5. The van der Waals surface area contributed by atoms with Crippen molar-refractivity contribution in [2.24, 2.45) is 0 Å². The molecule has 2 aromatic carbocycles. The molecule has 1 amide bonds. The minimum Gasteiger partial charge on any atom is -0.373 e. The number of nitrogens with zero attached hydrogens (tertiary/aromatic N) is 1. The van der Waals surface area contributed by atoms with Crippen LogP contribution in [0, 0.1) is 0 Å². The number of anilines is 1. The molecule has 1 heterocycles. The van der Waals surface area contributed by atoms with Gasteiger partial charge in [-0.15, -0.1) is 0 Å². The van der Waals surface area contributed by atoms with Gasteiger partial charge in [-0.05, 0) is 30.0 Å². The van der Waals surface area contributed by atoms with Crippen molar-refractivity contribution in [1.82, 2.24) is 4.90 Å². The summed E-state index contributed by atoms with van der Waals surface area (Å²) >= 11 is 0. The zero-order chi connectivity index (χ0) is 17.5. The fourth-order valence-electron chi connectivity index (χ4n) is 3.23. The summed E-state index contributed by atoms with van der Waals surface area (Å²) in [5.41, 5.74) is 3.31. The van der Waals surface area contributed by atoms with E-state index in [-0.39, 0.29) is 5.91 Å². The highest BCUT2D eigenvalue weighted by Crippen LogP contribution is 2.21. The molecular weight excluding hydrogens is 312 g/mol. The Labute approximate surface area is 149 Å². The lowest BCUT2D eigenvalue weighted by molar-refractivity contribution is -0.114. The quantitative estimate of drug-likeness (QED) is 0.870. The average Bonchev–Trinajstić information content (AvgIpc) is 2.63. The van der Waals surface area contributed by atoms with Gasteiger partial charge in [0.05, 0.1) is 12.7 Å². The normalized spacial score (nSPS) is 15.9. The zero-order valence-corrected chi connectivity index (χ0v) is 14.8. The van der Waals surface area contributed by atoms with E-state index in [1.165, 1.54) is 11.1 Å². The number of para-hydroxylation sites is 1. The van der Waals surface area contributed by atoms with Crippen molar-refractivity contribution in [3.8, 4) is 0 Å². The van der Waals surface area contributed by atoms with Crippen LogP contribution in [0.3, 0.4) is 0 Å². The SMILES string of the molecule is CC(=O)Nc1ccccc1CN1CCC(OCc2ccccc2)CC1. The molecule has 2 aromatic rings. The molecule has 1 aliphatic rings. The van der Waals surface area contributed by atoms with Gasteiger partial charge in [-0.1, -0.05) is 48.5 Å². The molecule has 0 radical (unpaired) electrons. The molecule has 132 valence electrons. The van der Waals surface area contributed by atoms with Crippen LogP contribution >= 0.6 is 0 Å². The van der Waals surface area contributed by atoms with Crippen molar-refractivity contribution >= 4 is 11.6 Å². The summed E-state index contributed by atoms with van der Waals surface area (Å²) in [6.07, 6.45) is 2.44. The van der Waals surface area contributed by atoms with Gasteiger partial charge in [0.2, 0.25) is 5.91 Å². The Morgan fingerprint density at radius 1 is 1.08 bits per heavy atom. The van der Waals surface area contributed by atoms with Crippen molar-refractivity contribution in [3.05, 3.63) is 65.7 Å². The van der Waals surface area contributed by atoms with Crippen molar-refractivity contribution in [2.45, 2.75) is 39.0 Å². The molecule has 1 aliphatic heterocycles. The number of rotatable bonds is 6. The highest BCUT2D eigenvalue weighted by molar-refractivity contribution is 5.89. The van der Waals surface area contributed by atoms with Crippen LogP contribution in [0.4, 0.5) is 5.69 Å². The summed E-state index contributed by atoms with van der Waals surface area (Å²) in [6, 6.07) is 18.4. The maximum absolute atomic E-state index is 11.3. The van der Waals surface area contributed by atoms with Gasteiger partial charge in [-0.25, -0.2) is 0 Å². The largest absolute Gasteiger partial charge is 0.373 e. The van der Waals surface area contributed by atoms with Crippen molar-refractivity contribution < 1.29 is 9.53 Å². The van der Waals surface area contributed by atoms with E-state index in [1.54, 1.807) is 6.92 Å². The van der Waals surface area contributed by atoms with Crippen LogP contribution in [0.25, 0.3) is 0 Å². The maximum Gasteiger partial charge on any atom is 0.221 e. The molecule has 3 rings (SSSR count). The van der Waals surface area contributed by atoms with E-state index in [4.69, 9.17) is 4.74 Å². The van der Waals surface area contributed by atoms with Gasteiger partial charge in [0.1, 0.15) is 0 Å². The standard InChI is InChI=1S/C21H26N2O2/c1-17(24)22-21-10-6-5-9-19(21)15-23-13-11-20(12-14-23)25-16-18-7-3-2-4-8-18/h2-10,20H,11-16H2,1H3,(H,22,24). The molecule has 4 heteroatoms. The zero-order valence-electron chi connectivity index (χ0n) is 14.8. The second-order valence-electron chi connectivity index (χ2n) is 6.61. The first kappa shape index (κ1) is 17.6. The number of nitrogens with one attached hydrogen (secondary N) is 1.